The van der Waals surface area contributed by atoms with Crippen LogP contribution in [0, 0.1) is 16.7 Å². The minimum Gasteiger partial charge on any atom is -0.455 e. The number of ether oxygens (including phenoxy) is 5. The number of esters is 1. The van der Waals surface area contributed by atoms with E-state index in [1.165, 1.54) is 0 Å². The molecule has 2 saturated heterocycles. The number of carbonyl (C=O) groups excluding carboxylic acids is 1. The van der Waals surface area contributed by atoms with Gasteiger partial charge in [0, 0.05) is 48.9 Å². The fraction of sp³-hybridized carbons (Fsp3) is 0.893. The number of carbonyl (C=O) groups is 1. The van der Waals surface area contributed by atoms with Crippen LogP contribution in [-0.4, -0.2) is 62.4 Å². The van der Waals surface area contributed by atoms with Gasteiger partial charge < -0.3 is 23.7 Å². The summed E-state index contributed by atoms with van der Waals surface area (Å²) < 4.78 is 30.9. The summed E-state index contributed by atoms with van der Waals surface area (Å²) in [5, 5.41) is 0. The molecule has 4 aliphatic carbocycles. The first-order chi connectivity index (χ1) is 16.2. The Hall–Kier alpha value is -0.950. The second-order valence-electron chi connectivity index (χ2n) is 12.6. The molecule has 0 aromatic rings. The number of hydrogen-bond acceptors (Lipinski definition) is 6. The zero-order valence-corrected chi connectivity index (χ0v) is 21.5. The first-order valence-electron chi connectivity index (χ1n) is 13.5. The highest BCUT2D eigenvalue weighted by Crippen LogP contribution is 2.63. The van der Waals surface area contributed by atoms with Crippen molar-refractivity contribution in [2.24, 2.45) is 16.7 Å². The SMILES string of the molecule is C=C(C)C(=O)OC12CC3CC(OCCC4(CC)COC4)(CC(OCCC4(CC)COC4)(C3)C1)C2. The maximum atomic E-state index is 12.7. The Morgan fingerprint density at radius 3 is 1.65 bits per heavy atom. The van der Waals surface area contributed by atoms with E-state index in [4.69, 9.17) is 23.7 Å². The second-order valence-corrected chi connectivity index (χ2v) is 12.6. The third kappa shape index (κ3) is 4.49. The Labute approximate surface area is 205 Å². The summed E-state index contributed by atoms with van der Waals surface area (Å²) in [7, 11) is 0. The molecular weight excluding hydrogens is 432 g/mol. The van der Waals surface area contributed by atoms with Crippen LogP contribution in [-0.2, 0) is 28.5 Å². The maximum Gasteiger partial charge on any atom is 0.333 e. The minimum absolute atomic E-state index is 0.268. The van der Waals surface area contributed by atoms with E-state index in [2.05, 4.69) is 20.4 Å². The monoisotopic (exact) mass is 476 g/mol. The average molecular weight is 477 g/mol. The molecule has 2 atom stereocenters. The Morgan fingerprint density at radius 1 is 0.824 bits per heavy atom. The van der Waals surface area contributed by atoms with Crippen molar-refractivity contribution in [1.82, 2.24) is 0 Å². The van der Waals surface area contributed by atoms with Crippen LogP contribution in [0.15, 0.2) is 12.2 Å². The van der Waals surface area contributed by atoms with Crippen LogP contribution in [0.2, 0.25) is 0 Å². The van der Waals surface area contributed by atoms with Gasteiger partial charge in [-0.2, -0.15) is 0 Å². The third-order valence-corrected chi connectivity index (χ3v) is 9.79. The van der Waals surface area contributed by atoms with Crippen LogP contribution < -0.4 is 0 Å². The molecule has 0 aromatic carbocycles. The number of rotatable bonds is 12. The lowest BCUT2D eigenvalue weighted by Gasteiger charge is -2.65. The molecule has 0 radical (unpaired) electrons. The summed E-state index contributed by atoms with van der Waals surface area (Å²) in [6.07, 6.45) is 9.80. The summed E-state index contributed by atoms with van der Waals surface area (Å²) in [6, 6.07) is 0. The number of hydrogen-bond donors (Lipinski definition) is 0. The Morgan fingerprint density at radius 2 is 1.26 bits per heavy atom. The van der Waals surface area contributed by atoms with E-state index in [0.717, 1.165) is 104 Å². The van der Waals surface area contributed by atoms with Crippen LogP contribution >= 0.6 is 0 Å². The molecule has 6 rings (SSSR count). The van der Waals surface area contributed by atoms with Crippen molar-refractivity contribution in [3.05, 3.63) is 12.2 Å². The highest BCUT2D eigenvalue weighted by Gasteiger charge is 2.66. The average Bonchev–Trinajstić information content (AvgIpc) is 2.70. The van der Waals surface area contributed by atoms with E-state index in [1.54, 1.807) is 6.92 Å². The molecular formula is C28H44O6. The van der Waals surface area contributed by atoms with E-state index < -0.39 is 5.60 Å². The second kappa shape index (κ2) is 8.86. The van der Waals surface area contributed by atoms with Gasteiger partial charge in [0.15, 0.2) is 0 Å². The van der Waals surface area contributed by atoms with Crippen LogP contribution in [0.5, 0.6) is 0 Å². The van der Waals surface area contributed by atoms with Crippen molar-refractivity contribution in [2.75, 3.05) is 39.6 Å². The van der Waals surface area contributed by atoms with Crippen molar-refractivity contribution < 1.29 is 28.5 Å². The van der Waals surface area contributed by atoms with Crippen LogP contribution in [0.1, 0.15) is 85.0 Å². The lowest BCUT2D eigenvalue weighted by atomic mass is 9.50. The third-order valence-electron chi connectivity index (χ3n) is 9.79. The molecule has 4 saturated carbocycles. The van der Waals surface area contributed by atoms with Crippen molar-refractivity contribution in [3.63, 3.8) is 0 Å². The molecule has 6 aliphatic rings. The van der Waals surface area contributed by atoms with Crippen LogP contribution in [0.4, 0.5) is 0 Å². The fourth-order valence-electron chi connectivity index (χ4n) is 7.70. The smallest absolute Gasteiger partial charge is 0.333 e. The predicted molar refractivity (Wildman–Crippen MR) is 129 cm³/mol. The van der Waals surface area contributed by atoms with Gasteiger partial charge in [0.2, 0.25) is 0 Å². The molecule has 6 heteroatoms. The molecule has 6 fully saturated rings. The Balaban J connectivity index is 1.31. The molecule has 0 amide bonds. The zero-order valence-electron chi connectivity index (χ0n) is 21.5. The summed E-state index contributed by atoms with van der Waals surface area (Å²) in [5.74, 6) is 0.189. The van der Waals surface area contributed by atoms with E-state index in [-0.39, 0.29) is 28.0 Å². The summed E-state index contributed by atoms with van der Waals surface area (Å²) in [6.45, 7) is 14.9. The topological polar surface area (TPSA) is 63.2 Å². The standard InChI is InChI=1S/C28H44O6/c1-5-24(17-30-18-24)7-9-32-26-11-22-12-27(14-26,33-10-8-25(6-2)19-31-20-25)16-28(13-22,15-26)34-23(29)21(3)4/h22H,3,5-20H2,1-2,4H3. The summed E-state index contributed by atoms with van der Waals surface area (Å²) in [4.78, 5) is 12.7. The van der Waals surface area contributed by atoms with Crippen molar-refractivity contribution >= 4 is 5.97 Å². The highest BCUT2D eigenvalue weighted by atomic mass is 16.6. The summed E-state index contributed by atoms with van der Waals surface area (Å²) >= 11 is 0. The molecule has 4 bridgehead atoms. The van der Waals surface area contributed by atoms with Gasteiger partial charge in [-0.3, -0.25) is 0 Å². The lowest BCUT2D eigenvalue weighted by molar-refractivity contribution is -0.287. The van der Waals surface area contributed by atoms with E-state index in [1.807, 2.05) is 0 Å². The quantitative estimate of drug-likeness (QED) is 0.292. The molecule has 0 spiro atoms. The van der Waals surface area contributed by atoms with Gasteiger partial charge in [-0.25, -0.2) is 4.79 Å². The van der Waals surface area contributed by atoms with Gasteiger partial charge in [0.1, 0.15) is 5.60 Å². The highest BCUT2D eigenvalue weighted by molar-refractivity contribution is 5.87. The molecule has 2 unspecified atom stereocenters. The van der Waals surface area contributed by atoms with E-state index in [0.29, 0.717) is 11.5 Å². The van der Waals surface area contributed by atoms with Crippen molar-refractivity contribution in [3.8, 4) is 0 Å². The van der Waals surface area contributed by atoms with Crippen molar-refractivity contribution in [1.29, 1.82) is 0 Å². The molecule has 6 nitrogen and oxygen atoms in total. The predicted octanol–water partition coefficient (Wildman–Crippen LogP) is 4.99. The molecule has 192 valence electrons. The maximum absolute atomic E-state index is 12.7. The molecule has 0 N–H and O–H groups in total. The van der Waals surface area contributed by atoms with Gasteiger partial charge in [0.05, 0.1) is 37.6 Å². The molecule has 0 aromatic heterocycles. The van der Waals surface area contributed by atoms with Gasteiger partial charge in [0.25, 0.3) is 0 Å². The largest absolute Gasteiger partial charge is 0.455 e. The first-order valence-corrected chi connectivity index (χ1v) is 13.5. The van der Waals surface area contributed by atoms with Crippen molar-refractivity contribution in [2.45, 2.75) is 102 Å². The molecule has 34 heavy (non-hydrogen) atoms. The van der Waals surface area contributed by atoms with Gasteiger partial charge in [-0.1, -0.05) is 20.4 Å². The normalized spacial score (nSPS) is 38.7. The minimum atomic E-state index is -0.500. The molecule has 2 aliphatic heterocycles. The Bertz CT molecular complexity index is 742. The Kier molecular flexibility index (Phi) is 6.45. The summed E-state index contributed by atoms with van der Waals surface area (Å²) in [5.41, 5.74) is -0.0168. The van der Waals surface area contributed by atoms with E-state index in [9.17, 15) is 4.79 Å². The van der Waals surface area contributed by atoms with Gasteiger partial charge in [-0.15, -0.1) is 0 Å². The zero-order chi connectivity index (χ0) is 24.1. The lowest BCUT2D eigenvalue weighted by Crippen LogP contribution is -2.68. The van der Waals surface area contributed by atoms with Gasteiger partial charge in [-0.05, 0) is 57.8 Å². The fourth-order valence-corrected chi connectivity index (χ4v) is 7.70. The van der Waals surface area contributed by atoms with Gasteiger partial charge >= 0.3 is 5.97 Å². The van der Waals surface area contributed by atoms with E-state index >= 15 is 0 Å². The first kappa shape index (κ1) is 24.7. The van der Waals surface area contributed by atoms with Crippen LogP contribution in [0.3, 0.4) is 0 Å². The molecule has 2 heterocycles. The van der Waals surface area contributed by atoms with Crippen LogP contribution in [0.25, 0.3) is 0 Å².